The number of carbonyl (C=O) groups excluding carboxylic acids is 1. The highest BCUT2D eigenvalue weighted by molar-refractivity contribution is 7.89. The van der Waals surface area contributed by atoms with Crippen LogP contribution in [0.3, 0.4) is 0 Å². The molecule has 1 amide bonds. The summed E-state index contributed by atoms with van der Waals surface area (Å²) in [6.07, 6.45) is 1.77. The Bertz CT molecular complexity index is 762. The molecule has 0 aliphatic carbocycles. The SMILES string of the molecule is CC(C)CNS(=O)(=O)c1cc(C(=O)NC(C)C2CCCO2)c(Cl)cc1Cl. The highest BCUT2D eigenvalue weighted by atomic mass is 35.5. The van der Waals surface area contributed by atoms with E-state index in [9.17, 15) is 13.2 Å². The minimum atomic E-state index is -3.85. The first-order valence-corrected chi connectivity index (χ1v) is 10.8. The van der Waals surface area contributed by atoms with Crippen LogP contribution in [-0.4, -0.2) is 39.6 Å². The van der Waals surface area contributed by atoms with Gasteiger partial charge in [-0.3, -0.25) is 4.79 Å². The molecule has 1 aliphatic heterocycles. The van der Waals surface area contributed by atoms with Gasteiger partial charge >= 0.3 is 0 Å². The molecule has 26 heavy (non-hydrogen) atoms. The second-order valence-electron chi connectivity index (χ2n) is 6.82. The number of benzene rings is 1. The number of ether oxygens (including phenoxy) is 1. The molecule has 0 saturated carbocycles. The van der Waals surface area contributed by atoms with E-state index in [0.29, 0.717) is 6.61 Å². The molecule has 2 atom stereocenters. The van der Waals surface area contributed by atoms with Gasteiger partial charge in [-0.2, -0.15) is 0 Å². The molecule has 2 unspecified atom stereocenters. The van der Waals surface area contributed by atoms with E-state index in [1.165, 1.54) is 12.1 Å². The molecule has 1 aromatic carbocycles. The molecule has 1 fully saturated rings. The summed E-state index contributed by atoms with van der Waals surface area (Å²) in [5.41, 5.74) is 0.0610. The molecule has 0 aromatic heterocycles. The minimum Gasteiger partial charge on any atom is -0.376 e. The number of carbonyl (C=O) groups is 1. The smallest absolute Gasteiger partial charge is 0.253 e. The normalized spacial score (nSPS) is 18.9. The van der Waals surface area contributed by atoms with Gasteiger partial charge in [-0.05, 0) is 37.8 Å². The van der Waals surface area contributed by atoms with E-state index in [0.717, 1.165) is 12.8 Å². The van der Waals surface area contributed by atoms with Crippen molar-refractivity contribution in [1.29, 1.82) is 0 Å². The van der Waals surface area contributed by atoms with E-state index >= 15 is 0 Å². The van der Waals surface area contributed by atoms with Crippen LogP contribution in [0.2, 0.25) is 10.0 Å². The van der Waals surface area contributed by atoms with Crippen molar-refractivity contribution in [3.05, 3.63) is 27.7 Å². The lowest BCUT2D eigenvalue weighted by molar-refractivity contribution is 0.0712. The summed E-state index contributed by atoms with van der Waals surface area (Å²) in [5.74, 6) is -0.333. The Morgan fingerprint density at radius 1 is 1.27 bits per heavy atom. The second-order valence-corrected chi connectivity index (χ2v) is 9.37. The summed E-state index contributed by atoms with van der Waals surface area (Å²) in [7, 11) is -3.85. The third-order valence-corrected chi connectivity index (χ3v) is 6.32. The summed E-state index contributed by atoms with van der Waals surface area (Å²) in [6.45, 7) is 6.56. The van der Waals surface area contributed by atoms with Crippen molar-refractivity contribution in [2.45, 2.75) is 50.7 Å². The highest BCUT2D eigenvalue weighted by Gasteiger charge is 2.27. The monoisotopic (exact) mass is 422 g/mol. The van der Waals surface area contributed by atoms with Crippen LogP contribution in [0.4, 0.5) is 0 Å². The number of hydrogen-bond acceptors (Lipinski definition) is 4. The fraction of sp³-hybridized carbons (Fsp3) is 0.588. The number of halogens is 2. The van der Waals surface area contributed by atoms with Crippen LogP contribution in [0.1, 0.15) is 44.0 Å². The maximum atomic E-state index is 12.6. The Hall–Kier alpha value is -0.860. The van der Waals surface area contributed by atoms with Crippen molar-refractivity contribution in [2.24, 2.45) is 5.92 Å². The van der Waals surface area contributed by atoms with Gasteiger partial charge in [-0.15, -0.1) is 0 Å². The van der Waals surface area contributed by atoms with E-state index in [1.807, 2.05) is 20.8 Å². The number of hydrogen-bond donors (Lipinski definition) is 2. The second kappa shape index (κ2) is 8.89. The predicted molar refractivity (Wildman–Crippen MR) is 102 cm³/mol. The summed E-state index contributed by atoms with van der Waals surface area (Å²) in [4.78, 5) is 12.4. The minimum absolute atomic E-state index is 0.0324. The lowest BCUT2D eigenvalue weighted by atomic mass is 10.1. The Balaban J connectivity index is 2.24. The van der Waals surface area contributed by atoms with Crippen molar-refractivity contribution in [3.8, 4) is 0 Å². The first-order chi connectivity index (χ1) is 12.1. The molecule has 1 aliphatic rings. The van der Waals surface area contributed by atoms with Crippen LogP contribution < -0.4 is 10.0 Å². The average molecular weight is 423 g/mol. The number of nitrogens with one attached hydrogen (secondary N) is 2. The molecule has 1 heterocycles. The molecular weight excluding hydrogens is 399 g/mol. The van der Waals surface area contributed by atoms with Gasteiger partial charge in [-0.25, -0.2) is 13.1 Å². The summed E-state index contributed by atoms with van der Waals surface area (Å²) >= 11 is 12.2. The fourth-order valence-corrected chi connectivity index (χ4v) is 4.71. The molecule has 146 valence electrons. The zero-order valence-corrected chi connectivity index (χ0v) is 17.3. The number of sulfonamides is 1. The maximum absolute atomic E-state index is 12.6. The van der Waals surface area contributed by atoms with Crippen LogP contribution in [0.5, 0.6) is 0 Å². The Labute approximate surface area is 164 Å². The quantitative estimate of drug-likeness (QED) is 0.706. The molecule has 2 N–H and O–H groups in total. The first kappa shape index (κ1) is 21.4. The molecule has 6 nitrogen and oxygen atoms in total. The van der Waals surface area contributed by atoms with Crippen molar-refractivity contribution >= 4 is 39.1 Å². The van der Waals surface area contributed by atoms with E-state index in [4.69, 9.17) is 27.9 Å². The number of rotatable bonds is 7. The zero-order valence-electron chi connectivity index (χ0n) is 15.0. The van der Waals surface area contributed by atoms with Crippen LogP contribution >= 0.6 is 23.2 Å². The van der Waals surface area contributed by atoms with Crippen molar-refractivity contribution in [1.82, 2.24) is 10.0 Å². The highest BCUT2D eigenvalue weighted by Crippen LogP contribution is 2.29. The molecule has 0 radical (unpaired) electrons. The summed E-state index contributed by atoms with van der Waals surface area (Å²) in [5, 5.41) is 2.88. The van der Waals surface area contributed by atoms with Crippen LogP contribution in [0.15, 0.2) is 17.0 Å². The van der Waals surface area contributed by atoms with Gasteiger partial charge in [0.15, 0.2) is 0 Å². The largest absolute Gasteiger partial charge is 0.376 e. The van der Waals surface area contributed by atoms with E-state index < -0.39 is 15.9 Å². The lowest BCUT2D eigenvalue weighted by Gasteiger charge is -2.20. The Kier molecular flexibility index (Phi) is 7.33. The summed E-state index contributed by atoms with van der Waals surface area (Å²) < 4.78 is 33.0. The maximum Gasteiger partial charge on any atom is 0.253 e. The van der Waals surface area contributed by atoms with Crippen molar-refractivity contribution < 1.29 is 17.9 Å². The third-order valence-electron chi connectivity index (χ3n) is 4.12. The Morgan fingerprint density at radius 3 is 2.54 bits per heavy atom. The van der Waals surface area contributed by atoms with Gasteiger partial charge in [0.25, 0.3) is 5.91 Å². The van der Waals surface area contributed by atoms with Crippen molar-refractivity contribution in [3.63, 3.8) is 0 Å². The molecule has 0 spiro atoms. The average Bonchev–Trinajstić information content (AvgIpc) is 3.07. The third kappa shape index (κ3) is 5.33. The zero-order chi connectivity index (χ0) is 19.5. The molecule has 1 saturated heterocycles. The molecule has 1 aromatic rings. The van der Waals surface area contributed by atoms with Gasteiger partial charge in [0.05, 0.1) is 27.8 Å². The number of amides is 1. The molecule has 2 rings (SSSR count). The first-order valence-electron chi connectivity index (χ1n) is 8.53. The molecule has 9 heteroatoms. The summed E-state index contributed by atoms with van der Waals surface area (Å²) in [6, 6.07) is 2.28. The van der Waals surface area contributed by atoms with Gasteiger partial charge in [0, 0.05) is 13.2 Å². The standard InChI is InChI=1S/C17H24Cl2N2O4S/c1-10(2)9-20-26(23,24)16-7-12(13(18)8-14(16)19)17(22)21-11(3)15-5-4-6-25-15/h7-8,10-11,15,20H,4-6,9H2,1-3H3,(H,21,22). The molecule has 0 bridgehead atoms. The van der Waals surface area contributed by atoms with Crippen LogP contribution in [0, 0.1) is 5.92 Å². The van der Waals surface area contributed by atoms with Crippen molar-refractivity contribution in [2.75, 3.05) is 13.2 Å². The van der Waals surface area contributed by atoms with Gasteiger partial charge in [0.2, 0.25) is 10.0 Å². The topological polar surface area (TPSA) is 84.5 Å². The van der Waals surface area contributed by atoms with E-state index in [1.54, 1.807) is 0 Å². The van der Waals surface area contributed by atoms with Gasteiger partial charge in [0.1, 0.15) is 4.90 Å². The predicted octanol–water partition coefficient (Wildman–Crippen LogP) is 3.23. The van der Waals surface area contributed by atoms with E-state index in [2.05, 4.69) is 10.0 Å². The molecular formula is C17H24Cl2N2O4S. The lowest BCUT2D eigenvalue weighted by Crippen LogP contribution is -2.41. The van der Waals surface area contributed by atoms with E-state index in [-0.39, 0.29) is 45.1 Å². The van der Waals surface area contributed by atoms with Crippen LogP contribution in [-0.2, 0) is 14.8 Å². The van der Waals surface area contributed by atoms with Crippen LogP contribution in [0.25, 0.3) is 0 Å². The fourth-order valence-electron chi connectivity index (χ4n) is 2.64. The van der Waals surface area contributed by atoms with Gasteiger partial charge in [-0.1, -0.05) is 37.0 Å². The van der Waals surface area contributed by atoms with Gasteiger partial charge < -0.3 is 10.1 Å². The Morgan fingerprint density at radius 2 is 1.96 bits per heavy atom.